The minimum atomic E-state index is 0.328. The van der Waals surface area contributed by atoms with Crippen molar-refractivity contribution in [2.45, 2.75) is 97.3 Å². The molecule has 0 N–H and O–H groups in total. The molecule has 0 atom stereocenters. The molecule has 0 rings (SSSR count). The van der Waals surface area contributed by atoms with Gasteiger partial charge in [-0.1, -0.05) is 52.4 Å². The highest BCUT2D eigenvalue weighted by atomic mass is 16.1. The van der Waals surface area contributed by atoms with Gasteiger partial charge in [-0.3, -0.25) is 9.59 Å². The second kappa shape index (κ2) is 13.8. The molecule has 19 heavy (non-hydrogen) atoms. The normalized spacial score (nSPS) is 10.6. The van der Waals surface area contributed by atoms with Gasteiger partial charge < -0.3 is 0 Å². The van der Waals surface area contributed by atoms with E-state index in [4.69, 9.17) is 0 Å². The monoisotopic (exact) mass is 268 g/mol. The molecular weight excluding hydrogens is 236 g/mol. The summed E-state index contributed by atoms with van der Waals surface area (Å²) in [7, 11) is 0. The first kappa shape index (κ1) is 18.3. The van der Waals surface area contributed by atoms with Crippen molar-refractivity contribution in [1.82, 2.24) is 0 Å². The summed E-state index contributed by atoms with van der Waals surface area (Å²) in [5.74, 6) is 0.674. The molecule has 0 aliphatic rings. The molecule has 0 bridgehead atoms. The van der Waals surface area contributed by atoms with Gasteiger partial charge in [-0.05, 0) is 19.3 Å². The van der Waals surface area contributed by atoms with E-state index >= 15 is 0 Å². The summed E-state index contributed by atoms with van der Waals surface area (Å²) in [6.45, 7) is 4.31. The quantitative estimate of drug-likeness (QED) is 0.404. The Morgan fingerprint density at radius 3 is 1.53 bits per heavy atom. The minimum Gasteiger partial charge on any atom is -0.300 e. The van der Waals surface area contributed by atoms with Crippen LogP contribution in [0, 0.1) is 0 Å². The van der Waals surface area contributed by atoms with Crippen LogP contribution in [0.2, 0.25) is 0 Å². The van der Waals surface area contributed by atoms with Crippen LogP contribution in [0.15, 0.2) is 0 Å². The standard InChI is InChI=1S/C17H32O2/c1-3-5-7-8-9-10-13-17(19)15-11-14-16(18)12-6-4-2/h3-15H2,1-2H3. The van der Waals surface area contributed by atoms with Crippen molar-refractivity contribution in [3.8, 4) is 0 Å². The van der Waals surface area contributed by atoms with Crippen LogP contribution in [0.1, 0.15) is 97.3 Å². The fraction of sp³-hybridized carbons (Fsp3) is 0.882. The SMILES string of the molecule is CCCCCCCCC(=O)CCCC(=O)CCCC. The van der Waals surface area contributed by atoms with Crippen molar-refractivity contribution < 1.29 is 9.59 Å². The van der Waals surface area contributed by atoms with Gasteiger partial charge in [0.05, 0.1) is 0 Å². The molecule has 0 aromatic heterocycles. The molecule has 0 aliphatic carbocycles. The molecule has 2 nitrogen and oxygen atoms in total. The van der Waals surface area contributed by atoms with Crippen LogP contribution in [0.4, 0.5) is 0 Å². The average molecular weight is 268 g/mol. The van der Waals surface area contributed by atoms with Gasteiger partial charge in [-0.2, -0.15) is 0 Å². The van der Waals surface area contributed by atoms with Crippen LogP contribution in [0.3, 0.4) is 0 Å². The fourth-order valence-corrected chi connectivity index (χ4v) is 2.21. The highest BCUT2D eigenvalue weighted by Gasteiger charge is 2.05. The van der Waals surface area contributed by atoms with E-state index < -0.39 is 0 Å². The molecule has 0 heterocycles. The van der Waals surface area contributed by atoms with Crippen molar-refractivity contribution in [2.24, 2.45) is 0 Å². The lowest BCUT2D eigenvalue weighted by atomic mass is 10.0. The second-order valence-corrected chi connectivity index (χ2v) is 5.55. The van der Waals surface area contributed by atoms with E-state index in [0.29, 0.717) is 30.8 Å². The fourth-order valence-electron chi connectivity index (χ4n) is 2.21. The van der Waals surface area contributed by atoms with Gasteiger partial charge in [0.25, 0.3) is 0 Å². The third-order valence-corrected chi connectivity index (χ3v) is 3.53. The van der Waals surface area contributed by atoms with Gasteiger partial charge in [0.1, 0.15) is 11.6 Å². The maximum absolute atomic E-state index is 11.6. The van der Waals surface area contributed by atoms with Gasteiger partial charge in [-0.15, -0.1) is 0 Å². The molecule has 0 saturated carbocycles. The Morgan fingerprint density at radius 1 is 0.526 bits per heavy atom. The number of carbonyl (C=O) groups excluding carboxylic acids is 2. The molecule has 0 aromatic rings. The van der Waals surface area contributed by atoms with Gasteiger partial charge in [0.2, 0.25) is 0 Å². The number of unbranched alkanes of at least 4 members (excludes halogenated alkanes) is 6. The molecule has 2 heteroatoms. The molecule has 0 unspecified atom stereocenters. The lowest BCUT2D eigenvalue weighted by molar-refractivity contribution is -0.120. The Hall–Kier alpha value is -0.660. The van der Waals surface area contributed by atoms with Crippen molar-refractivity contribution in [3.63, 3.8) is 0 Å². The number of ketones is 2. The van der Waals surface area contributed by atoms with Crippen LogP contribution in [-0.2, 0) is 9.59 Å². The number of hydrogen-bond donors (Lipinski definition) is 0. The Balaban J connectivity index is 3.32. The summed E-state index contributed by atoms with van der Waals surface area (Å²) in [5, 5.41) is 0. The van der Waals surface area contributed by atoms with E-state index in [1.807, 2.05) is 0 Å². The third kappa shape index (κ3) is 13.6. The Bertz CT molecular complexity index is 233. The van der Waals surface area contributed by atoms with E-state index in [1.54, 1.807) is 0 Å². The van der Waals surface area contributed by atoms with Crippen LogP contribution in [-0.4, -0.2) is 11.6 Å². The second-order valence-electron chi connectivity index (χ2n) is 5.55. The van der Waals surface area contributed by atoms with Crippen molar-refractivity contribution in [3.05, 3.63) is 0 Å². The van der Waals surface area contributed by atoms with Crippen molar-refractivity contribution >= 4 is 11.6 Å². The maximum atomic E-state index is 11.6. The summed E-state index contributed by atoms with van der Waals surface area (Å²) < 4.78 is 0. The largest absolute Gasteiger partial charge is 0.300 e. The highest BCUT2D eigenvalue weighted by molar-refractivity contribution is 5.81. The van der Waals surface area contributed by atoms with Crippen LogP contribution >= 0.6 is 0 Å². The molecule has 0 amide bonds. The lowest BCUT2D eigenvalue weighted by Gasteiger charge is -2.02. The predicted molar refractivity (Wildman–Crippen MR) is 81.4 cm³/mol. The Morgan fingerprint density at radius 2 is 0.947 bits per heavy atom. The summed E-state index contributed by atoms with van der Waals surface area (Å²) in [4.78, 5) is 23.0. The van der Waals surface area contributed by atoms with E-state index in [0.717, 1.165) is 32.1 Å². The molecular formula is C17H32O2. The summed E-state index contributed by atoms with van der Waals surface area (Å²) in [6, 6.07) is 0. The molecule has 0 saturated heterocycles. The smallest absolute Gasteiger partial charge is 0.132 e. The lowest BCUT2D eigenvalue weighted by Crippen LogP contribution is -2.02. The topological polar surface area (TPSA) is 34.1 Å². The van der Waals surface area contributed by atoms with E-state index in [1.165, 1.54) is 32.1 Å². The van der Waals surface area contributed by atoms with Crippen molar-refractivity contribution in [2.75, 3.05) is 0 Å². The molecule has 0 aromatic carbocycles. The zero-order valence-electron chi connectivity index (χ0n) is 13.0. The number of hydrogen-bond acceptors (Lipinski definition) is 2. The first-order chi connectivity index (χ1) is 9.20. The van der Waals surface area contributed by atoms with E-state index in [9.17, 15) is 9.59 Å². The summed E-state index contributed by atoms with van der Waals surface area (Å²) in [6.07, 6.45) is 12.8. The van der Waals surface area contributed by atoms with Gasteiger partial charge in [0.15, 0.2) is 0 Å². The zero-order chi connectivity index (χ0) is 14.3. The number of carbonyl (C=O) groups is 2. The summed E-state index contributed by atoms with van der Waals surface area (Å²) in [5.41, 5.74) is 0. The summed E-state index contributed by atoms with van der Waals surface area (Å²) >= 11 is 0. The average Bonchev–Trinajstić information content (AvgIpc) is 2.40. The first-order valence-electron chi connectivity index (χ1n) is 8.24. The number of rotatable bonds is 14. The predicted octanol–water partition coefficient (Wildman–Crippen LogP) is 5.24. The maximum Gasteiger partial charge on any atom is 0.132 e. The van der Waals surface area contributed by atoms with Gasteiger partial charge in [-0.25, -0.2) is 0 Å². The molecule has 0 spiro atoms. The van der Waals surface area contributed by atoms with Crippen LogP contribution in [0.25, 0.3) is 0 Å². The number of Topliss-reactive ketones (excluding diaryl/α,β-unsaturated/α-hetero) is 2. The molecule has 112 valence electrons. The van der Waals surface area contributed by atoms with Gasteiger partial charge in [0, 0.05) is 25.7 Å². The van der Waals surface area contributed by atoms with E-state index in [2.05, 4.69) is 13.8 Å². The first-order valence-corrected chi connectivity index (χ1v) is 8.24. The third-order valence-electron chi connectivity index (χ3n) is 3.53. The molecule has 0 fully saturated rings. The van der Waals surface area contributed by atoms with E-state index in [-0.39, 0.29) is 0 Å². The molecule has 0 aliphatic heterocycles. The Kier molecular flexibility index (Phi) is 13.3. The van der Waals surface area contributed by atoms with Crippen LogP contribution in [0.5, 0.6) is 0 Å². The van der Waals surface area contributed by atoms with Gasteiger partial charge >= 0.3 is 0 Å². The molecule has 0 radical (unpaired) electrons. The minimum absolute atomic E-state index is 0.328. The zero-order valence-corrected chi connectivity index (χ0v) is 13.0. The van der Waals surface area contributed by atoms with Crippen molar-refractivity contribution in [1.29, 1.82) is 0 Å². The van der Waals surface area contributed by atoms with Crippen LogP contribution < -0.4 is 0 Å². The Labute approximate surface area is 119 Å². The highest BCUT2D eigenvalue weighted by Crippen LogP contribution is 2.10.